The van der Waals surface area contributed by atoms with E-state index in [0.717, 1.165) is 5.56 Å². The van der Waals surface area contributed by atoms with Crippen molar-refractivity contribution >= 4 is 11.9 Å². The van der Waals surface area contributed by atoms with Crippen molar-refractivity contribution < 1.29 is 9.66 Å². The van der Waals surface area contributed by atoms with Crippen molar-refractivity contribution in [3.8, 4) is 11.6 Å². The fourth-order valence-electron chi connectivity index (χ4n) is 1.42. The lowest BCUT2D eigenvalue weighted by Gasteiger charge is -2.04. The van der Waals surface area contributed by atoms with Crippen molar-refractivity contribution in [1.82, 2.24) is 4.98 Å². The number of nitrogens with two attached hydrogens (primary N) is 1. The molecule has 0 radical (unpaired) electrons. The lowest BCUT2D eigenvalue weighted by Crippen LogP contribution is -1.95. The van der Waals surface area contributed by atoms with Gasteiger partial charge in [-0.2, -0.15) is 5.10 Å². The summed E-state index contributed by atoms with van der Waals surface area (Å²) in [6.07, 6.45) is 2.91. The van der Waals surface area contributed by atoms with Crippen LogP contribution in [0, 0.1) is 10.1 Å². The van der Waals surface area contributed by atoms with Gasteiger partial charge in [0, 0.05) is 12.3 Å². The maximum atomic E-state index is 10.8. The van der Waals surface area contributed by atoms with Crippen LogP contribution in [0.5, 0.6) is 11.6 Å². The van der Waals surface area contributed by atoms with E-state index in [1.165, 1.54) is 24.5 Å². The minimum absolute atomic E-state index is 0.0484. The molecule has 0 aliphatic carbocycles. The maximum absolute atomic E-state index is 10.8. The highest BCUT2D eigenvalue weighted by Gasteiger charge is 2.16. The molecule has 2 rings (SSSR count). The summed E-state index contributed by atoms with van der Waals surface area (Å²) >= 11 is 0. The number of hydrazone groups is 1. The van der Waals surface area contributed by atoms with Crippen LogP contribution in [0.4, 0.5) is 5.69 Å². The van der Waals surface area contributed by atoms with Crippen molar-refractivity contribution in [2.24, 2.45) is 10.9 Å². The third kappa shape index (κ3) is 3.03. The van der Waals surface area contributed by atoms with Crippen LogP contribution in [0.2, 0.25) is 0 Å². The Kier molecular flexibility index (Phi) is 3.67. The van der Waals surface area contributed by atoms with Crippen molar-refractivity contribution in [2.45, 2.75) is 0 Å². The van der Waals surface area contributed by atoms with Gasteiger partial charge >= 0.3 is 5.69 Å². The van der Waals surface area contributed by atoms with Gasteiger partial charge in [-0.15, -0.1) is 0 Å². The van der Waals surface area contributed by atoms with Gasteiger partial charge in [0.2, 0.25) is 0 Å². The second kappa shape index (κ2) is 5.58. The molecule has 0 saturated carbocycles. The summed E-state index contributed by atoms with van der Waals surface area (Å²) in [5.41, 5.74) is 0.612. The summed E-state index contributed by atoms with van der Waals surface area (Å²) < 4.78 is 5.38. The first-order valence-electron chi connectivity index (χ1n) is 5.31. The molecule has 7 nitrogen and oxygen atoms in total. The molecule has 2 N–H and O–H groups in total. The molecule has 7 heteroatoms. The van der Waals surface area contributed by atoms with E-state index in [9.17, 15) is 10.1 Å². The van der Waals surface area contributed by atoms with Crippen LogP contribution in [0.25, 0.3) is 0 Å². The van der Waals surface area contributed by atoms with Gasteiger partial charge in [0.15, 0.2) is 0 Å². The van der Waals surface area contributed by atoms with E-state index in [4.69, 9.17) is 10.6 Å². The van der Waals surface area contributed by atoms with E-state index in [1.54, 1.807) is 24.3 Å². The maximum Gasteiger partial charge on any atom is 0.331 e. The molecular weight excluding hydrogens is 248 g/mol. The van der Waals surface area contributed by atoms with E-state index in [0.29, 0.717) is 5.75 Å². The predicted molar refractivity (Wildman–Crippen MR) is 69.2 cm³/mol. The molecule has 0 spiro atoms. The smallest absolute Gasteiger partial charge is 0.331 e. The van der Waals surface area contributed by atoms with E-state index >= 15 is 0 Å². The average Bonchev–Trinajstić information content (AvgIpc) is 2.42. The zero-order valence-electron chi connectivity index (χ0n) is 9.76. The zero-order chi connectivity index (χ0) is 13.7. The molecule has 2 aromatic rings. The average molecular weight is 258 g/mol. The van der Waals surface area contributed by atoms with Gasteiger partial charge in [0.25, 0.3) is 5.88 Å². The standard InChI is InChI=1S/C12H10N4O3/c13-15-8-9-3-5-10(6-4-9)19-12-11(16(17)18)2-1-7-14-12/h1-8H,13H2. The quantitative estimate of drug-likeness (QED) is 0.391. The Balaban J connectivity index is 2.24. The molecule has 0 unspecified atom stereocenters. The largest absolute Gasteiger partial charge is 0.434 e. The highest BCUT2D eigenvalue weighted by Crippen LogP contribution is 2.28. The number of hydrogen-bond acceptors (Lipinski definition) is 6. The molecule has 96 valence electrons. The molecule has 0 amide bonds. The van der Waals surface area contributed by atoms with Gasteiger partial charge in [-0.1, -0.05) is 0 Å². The summed E-state index contributed by atoms with van der Waals surface area (Å²) in [5, 5.41) is 14.2. The molecule has 1 heterocycles. The highest BCUT2D eigenvalue weighted by molar-refractivity contribution is 5.79. The molecule has 1 aromatic carbocycles. The van der Waals surface area contributed by atoms with Crippen LogP contribution < -0.4 is 10.6 Å². The van der Waals surface area contributed by atoms with Crippen molar-refractivity contribution in [3.05, 3.63) is 58.3 Å². The third-order valence-corrected chi connectivity index (χ3v) is 2.27. The number of hydrogen-bond donors (Lipinski definition) is 1. The van der Waals surface area contributed by atoms with Gasteiger partial charge < -0.3 is 10.6 Å². The number of nitrogens with zero attached hydrogens (tertiary/aromatic N) is 3. The van der Waals surface area contributed by atoms with Gasteiger partial charge in [-0.05, 0) is 35.9 Å². The topological polar surface area (TPSA) is 104 Å². The van der Waals surface area contributed by atoms with Crippen LogP contribution in [-0.4, -0.2) is 16.1 Å². The van der Waals surface area contributed by atoms with Crippen molar-refractivity contribution in [2.75, 3.05) is 0 Å². The molecule has 0 saturated heterocycles. The SMILES string of the molecule is NN=Cc1ccc(Oc2ncccc2[N+](=O)[O-])cc1. The number of rotatable bonds is 4. The second-order valence-electron chi connectivity index (χ2n) is 3.53. The van der Waals surface area contributed by atoms with Crippen LogP contribution in [0.3, 0.4) is 0 Å². The van der Waals surface area contributed by atoms with Crippen LogP contribution in [0.1, 0.15) is 5.56 Å². The summed E-state index contributed by atoms with van der Waals surface area (Å²) in [6, 6.07) is 9.55. The monoisotopic (exact) mass is 258 g/mol. The fourth-order valence-corrected chi connectivity index (χ4v) is 1.42. The molecule has 19 heavy (non-hydrogen) atoms. The predicted octanol–water partition coefficient (Wildman–Crippen LogP) is 2.07. The molecule has 0 atom stereocenters. The Bertz CT molecular complexity index is 611. The van der Waals surface area contributed by atoms with Crippen LogP contribution in [-0.2, 0) is 0 Å². The van der Waals surface area contributed by atoms with Crippen molar-refractivity contribution in [3.63, 3.8) is 0 Å². The molecule has 0 aliphatic heterocycles. The molecular formula is C12H10N4O3. The first-order valence-corrected chi connectivity index (χ1v) is 5.31. The Morgan fingerprint density at radius 3 is 2.68 bits per heavy atom. The Morgan fingerprint density at radius 2 is 2.05 bits per heavy atom. The number of aromatic nitrogens is 1. The minimum atomic E-state index is -0.544. The summed E-state index contributed by atoms with van der Waals surface area (Å²) in [4.78, 5) is 14.1. The lowest BCUT2D eigenvalue weighted by molar-refractivity contribution is -0.386. The number of benzene rings is 1. The number of pyridine rings is 1. The number of nitro groups is 1. The normalized spacial score (nSPS) is 10.5. The minimum Gasteiger partial charge on any atom is -0.434 e. The van der Waals surface area contributed by atoms with E-state index in [2.05, 4.69) is 10.1 Å². The molecule has 0 bridgehead atoms. The van der Waals surface area contributed by atoms with Crippen molar-refractivity contribution in [1.29, 1.82) is 0 Å². The van der Waals surface area contributed by atoms with Gasteiger partial charge in [0.1, 0.15) is 5.75 Å². The summed E-state index contributed by atoms with van der Waals surface area (Å²) in [6.45, 7) is 0. The van der Waals surface area contributed by atoms with E-state index in [-0.39, 0.29) is 11.6 Å². The second-order valence-corrected chi connectivity index (χ2v) is 3.53. The Hall–Kier alpha value is -2.96. The summed E-state index contributed by atoms with van der Waals surface area (Å²) in [7, 11) is 0. The Labute approximate surface area is 108 Å². The van der Waals surface area contributed by atoms with E-state index < -0.39 is 4.92 Å². The summed E-state index contributed by atoms with van der Waals surface area (Å²) in [5.74, 6) is 5.42. The lowest BCUT2D eigenvalue weighted by atomic mass is 10.2. The molecule has 1 aromatic heterocycles. The molecule has 0 aliphatic rings. The van der Waals surface area contributed by atoms with Gasteiger partial charge in [0.05, 0.1) is 11.1 Å². The van der Waals surface area contributed by atoms with Crippen LogP contribution >= 0.6 is 0 Å². The Morgan fingerprint density at radius 1 is 1.32 bits per heavy atom. The van der Waals surface area contributed by atoms with Gasteiger partial charge in [-0.25, -0.2) is 4.98 Å². The van der Waals surface area contributed by atoms with Crippen LogP contribution in [0.15, 0.2) is 47.7 Å². The van der Waals surface area contributed by atoms with Gasteiger partial charge in [-0.3, -0.25) is 10.1 Å². The van der Waals surface area contributed by atoms with E-state index in [1.807, 2.05) is 0 Å². The number of ether oxygens (including phenoxy) is 1. The molecule has 0 fully saturated rings. The fraction of sp³-hybridized carbons (Fsp3) is 0. The highest BCUT2D eigenvalue weighted by atomic mass is 16.6. The zero-order valence-corrected chi connectivity index (χ0v) is 9.76. The third-order valence-electron chi connectivity index (χ3n) is 2.27. The first kappa shape index (κ1) is 12.5. The first-order chi connectivity index (χ1) is 9.20.